The highest BCUT2D eigenvalue weighted by Gasteiger charge is 2.13. The van der Waals surface area contributed by atoms with Crippen molar-refractivity contribution in [3.05, 3.63) is 16.9 Å². The van der Waals surface area contributed by atoms with Crippen molar-refractivity contribution < 1.29 is 4.39 Å². The average molecular weight is 274 g/mol. The second-order valence-corrected chi connectivity index (χ2v) is 5.25. The standard InChI is InChI=1S/C13H21ClFN3/c1-8(2)5-3-4-6-18-13-10(17)7-9(16)11(14)12(13)15/h7-8,18H,3-6,16-17H2,1-2H3. The van der Waals surface area contributed by atoms with Crippen LogP contribution in [0.1, 0.15) is 33.1 Å². The molecule has 0 amide bonds. The Hall–Kier alpha value is -1.16. The SMILES string of the molecule is CC(C)CCCCNc1c(N)cc(N)c(Cl)c1F. The molecule has 0 bridgehead atoms. The first-order valence-electron chi connectivity index (χ1n) is 6.20. The minimum Gasteiger partial charge on any atom is -0.397 e. The van der Waals surface area contributed by atoms with Crippen molar-refractivity contribution in [3.8, 4) is 0 Å². The molecule has 0 saturated carbocycles. The maximum absolute atomic E-state index is 13.8. The van der Waals surface area contributed by atoms with Crippen LogP contribution in [-0.4, -0.2) is 6.54 Å². The zero-order valence-corrected chi connectivity index (χ0v) is 11.6. The highest BCUT2D eigenvalue weighted by Crippen LogP contribution is 2.33. The highest BCUT2D eigenvalue weighted by molar-refractivity contribution is 6.33. The lowest BCUT2D eigenvalue weighted by molar-refractivity contribution is 0.544. The third-order valence-electron chi connectivity index (χ3n) is 2.78. The summed E-state index contributed by atoms with van der Waals surface area (Å²) in [6.07, 6.45) is 3.25. The summed E-state index contributed by atoms with van der Waals surface area (Å²) in [7, 11) is 0. The summed E-state index contributed by atoms with van der Waals surface area (Å²) in [5, 5.41) is 2.91. The molecular weight excluding hydrogens is 253 g/mol. The monoisotopic (exact) mass is 273 g/mol. The fourth-order valence-electron chi connectivity index (χ4n) is 1.74. The summed E-state index contributed by atoms with van der Waals surface area (Å²) in [5.74, 6) is 0.121. The van der Waals surface area contributed by atoms with Gasteiger partial charge in [-0.05, 0) is 18.4 Å². The van der Waals surface area contributed by atoms with E-state index in [2.05, 4.69) is 19.2 Å². The van der Waals surface area contributed by atoms with Gasteiger partial charge in [0.15, 0.2) is 5.82 Å². The molecule has 102 valence electrons. The molecule has 0 aliphatic heterocycles. The van der Waals surface area contributed by atoms with E-state index in [0.717, 1.165) is 12.8 Å². The second-order valence-electron chi connectivity index (χ2n) is 4.87. The molecule has 5 heteroatoms. The topological polar surface area (TPSA) is 64.1 Å². The summed E-state index contributed by atoms with van der Waals surface area (Å²) >= 11 is 5.74. The number of benzene rings is 1. The largest absolute Gasteiger partial charge is 0.397 e. The highest BCUT2D eigenvalue weighted by atomic mass is 35.5. The minimum atomic E-state index is -0.571. The first-order chi connectivity index (χ1) is 8.43. The molecular formula is C13H21ClFN3. The molecule has 0 radical (unpaired) electrons. The number of nitrogens with one attached hydrogen (secondary N) is 1. The first-order valence-corrected chi connectivity index (χ1v) is 6.58. The van der Waals surface area contributed by atoms with E-state index in [4.69, 9.17) is 23.1 Å². The van der Waals surface area contributed by atoms with E-state index in [1.807, 2.05) is 0 Å². The Kier molecular flexibility index (Phi) is 5.54. The molecule has 1 aromatic rings. The molecule has 5 N–H and O–H groups in total. The molecule has 0 heterocycles. The fourth-order valence-corrected chi connectivity index (χ4v) is 1.89. The van der Waals surface area contributed by atoms with E-state index >= 15 is 0 Å². The molecule has 0 aromatic heterocycles. The van der Waals surface area contributed by atoms with Crippen molar-refractivity contribution in [3.63, 3.8) is 0 Å². The van der Waals surface area contributed by atoms with Crippen LogP contribution in [0.15, 0.2) is 6.07 Å². The van der Waals surface area contributed by atoms with Gasteiger partial charge in [0, 0.05) is 6.54 Å². The molecule has 3 nitrogen and oxygen atoms in total. The van der Waals surface area contributed by atoms with E-state index in [0.29, 0.717) is 18.2 Å². The van der Waals surface area contributed by atoms with E-state index in [1.54, 1.807) is 0 Å². The Morgan fingerprint density at radius 1 is 1.28 bits per heavy atom. The third-order valence-corrected chi connectivity index (χ3v) is 3.16. The number of hydrogen-bond donors (Lipinski definition) is 3. The van der Waals surface area contributed by atoms with Gasteiger partial charge in [0.25, 0.3) is 0 Å². The smallest absolute Gasteiger partial charge is 0.169 e. The van der Waals surface area contributed by atoms with Gasteiger partial charge >= 0.3 is 0 Å². The van der Waals surface area contributed by atoms with Gasteiger partial charge in [-0.25, -0.2) is 4.39 Å². The molecule has 0 saturated heterocycles. The number of rotatable bonds is 6. The molecule has 0 spiro atoms. The van der Waals surface area contributed by atoms with E-state index in [-0.39, 0.29) is 16.4 Å². The van der Waals surface area contributed by atoms with Crippen molar-refractivity contribution in [2.75, 3.05) is 23.3 Å². The molecule has 0 aliphatic carbocycles. The van der Waals surface area contributed by atoms with Crippen LogP contribution in [0.2, 0.25) is 5.02 Å². The lowest BCUT2D eigenvalue weighted by Gasteiger charge is -2.13. The molecule has 0 aliphatic rings. The normalized spacial score (nSPS) is 10.9. The van der Waals surface area contributed by atoms with Gasteiger partial charge in [-0.2, -0.15) is 0 Å². The lowest BCUT2D eigenvalue weighted by atomic mass is 10.1. The van der Waals surface area contributed by atoms with Crippen LogP contribution >= 0.6 is 11.6 Å². The lowest BCUT2D eigenvalue weighted by Crippen LogP contribution is -2.08. The average Bonchev–Trinajstić information content (AvgIpc) is 2.29. The van der Waals surface area contributed by atoms with Gasteiger partial charge in [0.1, 0.15) is 5.02 Å². The number of unbranched alkanes of at least 4 members (excludes halogenated alkanes) is 1. The number of anilines is 3. The summed E-state index contributed by atoms with van der Waals surface area (Å²) in [6.45, 7) is 5.05. The summed E-state index contributed by atoms with van der Waals surface area (Å²) in [5.41, 5.74) is 11.9. The van der Waals surface area contributed by atoms with Gasteiger partial charge in [0.2, 0.25) is 0 Å². The Bertz CT molecular complexity index is 408. The van der Waals surface area contributed by atoms with Crippen molar-refractivity contribution in [1.29, 1.82) is 0 Å². The second kappa shape index (κ2) is 6.69. The van der Waals surface area contributed by atoms with Crippen molar-refractivity contribution in [2.45, 2.75) is 33.1 Å². The van der Waals surface area contributed by atoms with Gasteiger partial charge < -0.3 is 16.8 Å². The van der Waals surface area contributed by atoms with Gasteiger partial charge in [0.05, 0.1) is 17.1 Å². The van der Waals surface area contributed by atoms with Crippen LogP contribution in [0, 0.1) is 11.7 Å². The Morgan fingerprint density at radius 2 is 1.94 bits per heavy atom. The van der Waals surface area contributed by atoms with Crippen molar-refractivity contribution in [2.24, 2.45) is 5.92 Å². The van der Waals surface area contributed by atoms with Crippen LogP contribution in [-0.2, 0) is 0 Å². The molecule has 0 unspecified atom stereocenters. The first kappa shape index (κ1) is 14.9. The molecule has 1 rings (SSSR count). The van der Waals surface area contributed by atoms with Crippen molar-refractivity contribution in [1.82, 2.24) is 0 Å². The van der Waals surface area contributed by atoms with Gasteiger partial charge in [-0.3, -0.25) is 0 Å². The Morgan fingerprint density at radius 3 is 2.56 bits per heavy atom. The zero-order valence-electron chi connectivity index (χ0n) is 10.9. The number of nitrogen functional groups attached to an aromatic ring is 2. The zero-order chi connectivity index (χ0) is 13.7. The number of nitrogens with two attached hydrogens (primary N) is 2. The molecule has 1 aromatic carbocycles. The number of halogens is 2. The van der Waals surface area contributed by atoms with E-state index in [1.165, 1.54) is 12.5 Å². The van der Waals surface area contributed by atoms with E-state index < -0.39 is 5.82 Å². The number of hydrogen-bond acceptors (Lipinski definition) is 3. The summed E-state index contributed by atoms with van der Waals surface area (Å²) in [6, 6.07) is 1.47. The molecule has 18 heavy (non-hydrogen) atoms. The van der Waals surface area contributed by atoms with Crippen LogP contribution in [0.5, 0.6) is 0 Å². The minimum absolute atomic E-state index is 0.0751. The third kappa shape index (κ3) is 3.95. The maximum atomic E-state index is 13.8. The van der Waals surface area contributed by atoms with Gasteiger partial charge in [-0.1, -0.05) is 38.3 Å². The quantitative estimate of drug-likeness (QED) is 0.544. The van der Waals surface area contributed by atoms with Crippen LogP contribution in [0.25, 0.3) is 0 Å². The van der Waals surface area contributed by atoms with Crippen LogP contribution in [0.4, 0.5) is 21.5 Å². The molecule has 0 fully saturated rings. The predicted molar refractivity (Wildman–Crippen MR) is 77.4 cm³/mol. The van der Waals surface area contributed by atoms with E-state index in [9.17, 15) is 4.39 Å². The maximum Gasteiger partial charge on any atom is 0.169 e. The predicted octanol–water partition coefficient (Wildman–Crippen LogP) is 3.88. The van der Waals surface area contributed by atoms with Crippen molar-refractivity contribution >= 4 is 28.7 Å². The Labute approximate surface area is 113 Å². The summed E-state index contributed by atoms with van der Waals surface area (Å²) in [4.78, 5) is 0. The fraction of sp³-hybridized carbons (Fsp3) is 0.538. The van der Waals surface area contributed by atoms with Gasteiger partial charge in [-0.15, -0.1) is 0 Å². The molecule has 0 atom stereocenters. The summed E-state index contributed by atoms with van der Waals surface area (Å²) < 4.78 is 13.8. The van der Waals surface area contributed by atoms with Crippen LogP contribution in [0.3, 0.4) is 0 Å². The van der Waals surface area contributed by atoms with Crippen LogP contribution < -0.4 is 16.8 Å². The Balaban J connectivity index is 2.55.